The molecule has 5 nitrogen and oxygen atoms in total. The van der Waals surface area contributed by atoms with Crippen LogP contribution in [0.4, 0.5) is 0 Å². The molecule has 0 spiro atoms. The average molecular weight is 440 g/mol. The molecule has 1 heterocycles. The van der Waals surface area contributed by atoms with Crippen molar-refractivity contribution in [2.45, 2.75) is 58.1 Å². The Labute approximate surface area is 192 Å². The molecule has 5 heteroatoms. The van der Waals surface area contributed by atoms with Gasteiger partial charge in [-0.1, -0.05) is 24.3 Å². The van der Waals surface area contributed by atoms with E-state index in [0.29, 0.717) is 18.4 Å². The standard InChI is InChI=1S/C27H37NO4/c1-20(29)28(19-21-6-10-24(30-4)11-7-21)16-14-26(22-8-12-25(31-5)13-9-22)23-15-17-32-27(2,3)18-23/h6-13,23,26H,14-19H2,1-5H3/t23-,26+/m0/s1. The van der Waals surface area contributed by atoms with Crippen molar-refractivity contribution in [1.82, 2.24) is 4.90 Å². The molecule has 0 N–H and O–H groups in total. The second kappa shape index (κ2) is 10.9. The fourth-order valence-electron chi connectivity index (χ4n) is 4.74. The van der Waals surface area contributed by atoms with Gasteiger partial charge in [-0.2, -0.15) is 0 Å². The third-order valence-electron chi connectivity index (χ3n) is 6.54. The zero-order valence-electron chi connectivity index (χ0n) is 20.1. The van der Waals surface area contributed by atoms with Gasteiger partial charge < -0.3 is 19.1 Å². The zero-order chi connectivity index (χ0) is 23.1. The normalized spacial score (nSPS) is 18.6. The molecule has 2 atom stereocenters. The van der Waals surface area contributed by atoms with Crippen molar-refractivity contribution in [3.8, 4) is 11.5 Å². The Balaban J connectivity index is 1.76. The molecule has 1 saturated heterocycles. The van der Waals surface area contributed by atoms with Crippen molar-refractivity contribution < 1.29 is 19.0 Å². The van der Waals surface area contributed by atoms with Crippen LogP contribution in [-0.2, 0) is 16.1 Å². The number of ether oxygens (including phenoxy) is 3. The number of carbonyl (C=O) groups excluding carboxylic acids is 1. The van der Waals surface area contributed by atoms with Crippen molar-refractivity contribution >= 4 is 5.91 Å². The van der Waals surface area contributed by atoms with E-state index in [9.17, 15) is 4.79 Å². The fourth-order valence-corrected chi connectivity index (χ4v) is 4.74. The molecule has 2 aromatic carbocycles. The van der Waals surface area contributed by atoms with Gasteiger partial charge in [0.2, 0.25) is 5.91 Å². The first-order valence-electron chi connectivity index (χ1n) is 11.5. The van der Waals surface area contributed by atoms with Crippen LogP contribution in [0.3, 0.4) is 0 Å². The first-order valence-corrected chi connectivity index (χ1v) is 11.5. The van der Waals surface area contributed by atoms with Crippen molar-refractivity contribution in [1.29, 1.82) is 0 Å². The van der Waals surface area contributed by atoms with E-state index in [-0.39, 0.29) is 11.5 Å². The van der Waals surface area contributed by atoms with Gasteiger partial charge in [0, 0.05) is 26.6 Å². The highest BCUT2D eigenvalue weighted by atomic mass is 16.5. The summed E-state index contributed by atoms with van der Waals surface area (Å²) in [5.41, 5.74) is 2.30. The molecule has 1 fully saturated rings. The molecule has 32 heavy (non-hydrogen) atoms. The largest absolute Gasteiger partial charge is 0.497 e. The van der Waals surface area contributed by atoms with Gasteiger partial charge in [0.15, 0.2) is 0 Å². The van der Waals surface area contributed by atoms with E-state index in [1.54, 1.807) is 21.1 Å². The van der Waals surface area contributed by atoms with Crippen molar-refractivity contribution in [3.63, 3.8) is 0 Å². The van der Waals surface area contributed by atoms with Crippen LogP contribution in [0.5, 0.6) is 11.5 Å². The molecule has 0 saturated carbocycles. The third kappa shape index (κ3) is 6.49. The lowest BCUT2D eigenvalue weighted by molar-refractivity contribution is -0.129. The Morgan fingerprint density at radius 2 is 1.66 bits per heavy atom. The summed E-state index contributed by atoms with van der Waals surface area (Å²) in [6.07, 6.45) is 2.98. The summed E-state index contributed by atoms with van der Waals surface area (Å²) < 4.78 is 16.6. The Kier molecular flexibility index (Phi) is 8.19. The van der Waals surface area contributed by atoms with Gasteiger partial charge in [0.1, 0.15) is 11.5 Å². The van der Waals surface area contributed by atoms with Gasteiger partial charge in [0.25, 0.3) is 0 Å². The van der Waals surface area contributed by atoms with Crippen LogP contribution < -0.4 is 9.47 Å². The highest BCUT2D eigenvalue weighted by Crippen LogP contribution is 2.40. The van der Waals surface area contributed by atoms with Crippen molar-refractivity contribution in [3.05, 3.63) is 59.7 Å². The Morgan fingerprint density at radius 3 is 2.19 bits per heavy atom. The van der Waals surface area contributed by atoms with E-state index in [2.05, 4.69) is 26.0 Å². The lowest BCUT2D eigenvalue weighted by Gasteiger charge is -2.40. The summed E-state index contributed by atoms with van der Waals surface area (Å²) in [6.45, 7) is 8.12. The van der Waals surface area contributed by atoms with Crippen LogP contribution in [0, 0.1) is 5.92 Å². The number of hydrogen-bond acceptors (Lipinski definition) is 4. The molecule has 0 aliphatic carbocycles. The van der Waals surface area contributed by atoms with Crippen molar-refractivity contribution in [2.24, 2.45) is 5.92 Å². The second-order valence-electron chi connectivity index (χ2n) is 9.32. The van der Waals surface area contributed by atoms with E-state index in [0.717, 1.165) is 49.5 Å². The minimum absolute atomic E-state index is 0.0987. The summed E-state index contributed by atoms with van der Waals surface area (Å²) >= 11 is 0. The smallest absolute Gasteiger partial charge is 0.219 e. The van der Waals surface area contributed by atoms with E-state index in [4.69, 9.17) is 14.2 Å². The summed E-state index contributed by atoms with van der Waals surface area (Å²) in [4.78, 5) is 14.4. The molecule has 0 aromatic heterocycles. The molecule has 0 bridgehead atoms. The van der Waals surface area contributed by atoms with Crippen LogP contribution in [-0.4, -0.2) is 43.8 Å². The SMILES string of the molecule is COc1ccc(CN(CC[C@H](c2ccc(OC)cc2)[C@H]2CCOC(C)(C)C2)C(C)=O)cc1. The predicted molar refractivity (Wildman–Crippen MR) is 127 cm³/mol. The van der Waals surface area contributed by atoms with E-state index in [1.165, 1.54) is 5.56 Å². The molecule has 0 radical (unpaired) electrons. The topological polar surface area (TPSA) is 48.0 Å². The predicted octanol–water partition coefficient (Wildman–Crippen LogP) is 5.43. The van der Waals surface area contributed by atoms with Crippen molar-refractivity contribution in [2.75, 3.05) is 27.4 Å². The van der Waals surface area contributed by atoms with Crippen LogP contribution >= 0.6 is 0 Å². The quantitative estimate of drug-likeness (QED) is 0.523. The van der Waals surface area contributed by atoms with Gasteiger partial charge in [-0.25, -0.2) is 0 Å². The molecule has 1 aliphatic rings. The molecule has 1 amide bonds. The van der Waals surface area contributed by atoms with Crippen LogP contribution in [0.25, 0.3) is 0 Å². The third-order valence-corrected chi connectivity index (χ3v) is 6.54. The summed E-state index contributed by atoms with van der Waals surface area (Å²) in [5, 5.41) is 0. The monoisotopic (exact) mass is 439 g/mol. The highest BCUT2D eigenvalue weighted by molar-refractivity contribution is 5.73. The highest BCUT2D eigenvalue weighted by Gasteiger charge is 2.34. The maximum atomic E-state index is 12.4. The summed E-state index contributed by atoms with van der Waals surface area (Å²) in [7, 11) is 3.35. The molecule has 2 aromatic rings. The van der Waals surface area contributed by atoms with Gasteiger partial charge in [0.05, 0.1) is 19.8 Å². The molecular formula is C27H37NO4. The number of rotatable bonds is 9. The maximum Gasteiger partial charge on any atom is 0.219 e. The maximum absolute atomic E-state index is 12.4. The Bertz CT molecular complexity index is 860. The number of benzene rings is 2. The summed E-state index contributed by atoms with van der Waals surface area (Å²) in [6, 6.07) is 16.4. The van der Waals surface area contributed by atoms with Crippen LogP contribution in [0.15, 0.2) is 48.5 Å². The number of nitrogens with zero attached hydrogens (tertiary/aromatic N) is 1. The fraction of sp³-hybridized carbons (Fsp3) is 0.519. The zero-order valence-corrected chi connectivity index (χ0v) is 20.1. The minimum atomic E-state index is -0.114. The van der Waals surface area contributed by atoms with E-state index < -0.39 is 0 Å². The summed E-state index contributed by atoms with van der Waals surface area (Å²) in [5.74, 6) is 2.67. The lowest BCUT2D eigenvalue weighted by Crippen LogP contribution is -2.37. The van der Waals surface area contributed by atoms with E-state index in [1.807, 2.05) is 41.3 Å². The van der Waals surface area contributed by atoms with E-state index >= 15 is 0 Å². The van der Waals surface area contributed by atoms with Crippen LogP contribution in [0.1, 0.15) is 57.1 Å². The molecule has 0 unspecified atom stereocenters. The molecule has 174 valence electrons. The number of carbonyl (C=O) groups is 1. The van der Waals surface area contributed by atoms with Gasteiger partial charge in [-0.3, -0.25) is 4.79 Å². The van der Waals surface area contributed by atoms with Gasteiger partial charge >= 0.3 is 0 Å². The van der Waals surface area contributed by atoms with Gasteiger partial charge in [-0.15, -0.1) is 0 Å². The average Bonchev–Trinajstić information content (AvgIpc) is 2.78. The lowest BCUT2D eigenvalue weighted by atomic mass is 9.75. The Morgan fingerprint density at radius 1 is 1.06 bits per heavy atom. The van der Waals surface area contributed by atoms with Gasteiger partial charge in [-0.05, 0) is 80.3 Å². The number of hydrogen-bond donors (Lipinski definition) is 0. The first kappa shape index (κ1) is 24.1. The minimum Gasteiger partial charge on any atom is -0.497 e. The first-order chi connectivity index (χ1) is 15.3. The number of methoxy groups -OCH3 is 2. The molecular weight excluding hydrogens is 402 g/mol. The molecule has 3 rings (SSSR count). The second-order valence-corrected chi connectivity index (χ2v) is 9.32. The number of amides is 1. The Hall–Kier alpha value is -2.53. The van der Waals surface area contributed by atoms with Crippen LogP contribution in [0.2, 0.25) is 0 Å². The molecule has 1 aliphatic heterocycles.